The first-order valence-corrected chi connectivity index (χ1v) is 8.39. The average molecular weight is 329 g/mol. The fraction of sp³-hybridized carbons (Fsp3) is 0.400. The van der Waals surface area contributed by atoms with Gasteiger partial charge in [-0.05, 0) is 30.5 Å². The Bertz CT molecular complexity index is 543. The lowest BCUT2D eigenvalue weighted by molar-refractivity contribution is 0.425. The summed E-state index contributed by atoms with van der Waals surface area (Å²) in [6.45, 7) is 4.33. The number of aromatic nitrogens is 1. The highest BCUT2D eigenvalue weighted by atomic mass is 35.5. The molecule has 0 radical (unpaired) electrons. The van der Waals surface area contributed by atoms with Gasteiger partial charge in [0.25, 0.3) is 0 Å². The number of nitrogens with zero attached hydrogens (tertiary/aromatic N) is 1. The summed E-state index contributed by atoms with van der Waals surface area (Å²) in [7, 11) is 0. The number of benzene rings is 1. The molecule has 2 atom stereocenters. The number of hydrogen-bond acceptors (Lipinski definition) is 3. The summed E-state index contributed by atoms with van der Waals surface area (Å²) >= 11 is 13.8. The maximum atomic E-state index is 6.11. The van der Waals surface area contributed by atoms with Gasteiger partial charge in [0.1, 0.15) is 5.01 Å². The monoisotopic (exact) mass is 328 g/mol. The molecule has 0 bridgehead atoms. The molecule has 0 saturated heterocycles. The van der Waals surface area contributed by atoms with Crippen molar-refractivity contribution >= 4 is 34.5 Å². The van der Waals surface area contributed by atoms with E-state index in [0.717, 1.165) is 23.4 Å². The molecule has 0 spiro atoms. The number of hydrogen-bond donors (Lipinski definition) is 1. The molecule has 1 aromatic heterocycles. The summed E-state index contributed by atoms with van der Waals surface area (Å²) in [6.07, 6.45) is 3.84. The normalized spacial score (nSPS) is 14.2. The van der Waals surface area contributed by atoms with Crippen molar-refractivity contribution in [1.29, 1.82) is 0 Å². The van der Waals surface area contributed by atoms with Gasteiger partial charge >= 0.3 is 0 Å². The summed E-state index contributed by atoms with van der Waals surface area (Å²) in [5.41, 5.74) is 1.16. The zero-order chi connectivity index (χ0) is 14.5. The van der Waals surface area contributed by atoms with Crippen LogP contribution in [-0.4, -0.2) is 4.98 Å². The smallest absolute Gasteiger partial charge is 0.109 e. The van der Waals surface area contributed by atoms with Gasteiger partial charge in [-0.25, -0.2) is 4.98 Å². The van der Waals surface area contributed by atoms with Crippen LogP contribution in [0, 0.1) is 0 Å². The Morgan fingerprint density at radius 1 is 1.15 bits per heavy atom. The molecule has 0 aliphatic carbocycles. The predicted molar refractivity (Wildman–Crippen MR) is 87.8 cm³/mol. The van der Waals surface area contributed by atoms with Crippen LogP contribution >= 0.6 is 34.5 Å². The lowest BCUT2D eigenvalue weighted by atomic mass is 10.0. The van der Waals surface area contributed by atoms with Crippen LogP contribution in [0.1, 0.15) is 49.3 Å². The highest BCUT2D eigenvalue weighted by Crippen LogP contribution is 2.29. The molecular weight excluding hydrogens is 311 g/mol. The minimum absolute atomic E-state index is 0.249. The van der Waals surface area contributed by atoms with Gasteiger partial charge < -0.3 is 5.32 Å². The third-order valence-corrected chi connectivity index (χ3v) is 4.94. The number of nitrogens with one attached hydrogen (secondary N) is 1. The van der Waals surface area contributed by atoms with Crippen molar-refractivity contribution in [3.63, 3.8) is 0 Å². The fourth-order valence-corrected chi connectivity index (χ4v) is 3.28. The third-order valence-electron chi connectivity index (χ3n) is 3.31. The summed E-state index contributed by atoms with van der Waals surface area (Å²) in [6, 6.07) is 6.35. The molecule has 0 amide bonds. The van der Waals surface area contributed by atoms with Crippen LogP contribution in [0.15, 0.2) is 29.8 Å². The van der Waals surface area contributed by atoms with Crippen molar-refractivity contribution in [2.45, 2.75) is 38.8 Å². The van der Waals surface area contributed by atoms with Gasteiger partial charge in [-0.3, -0.25) is 0 Å². The number of rotatable bonds is 6. The summed E-state index contributed by atoms with van der Waals surface area (Å²) < 4.78 is 0. The van der Waals surface area contributed by atoms with Crippen molar-refractivity contribution < 1.29 is 0 Å². The first kappa shape index (κ1) is 15.8. The van der Waals surface area contributed by atoms with Crippen molar-refractivity contribution in [3.8, 4) is 0 Å². The van der Waals surface area contributed by atoms with Crippen LogP contribution in [0.4, 0.5) is 0 Å². The van der Waals surface area contributed by atoms with Crippen molar-refractivity contribution in [1.82, 2.24) is 10.3 Å². The summed E-state index contributed by atoms with van der Waals surface area (Å²) in [5, 5.41) is 8.01. The largest absolute Gasteiger partial charge is 0.301 e. The molecule has 1 heterocycles. The molecule has 1 N–H and O–H groups in total. The van der Waals surface area contributed by atoms with Gasteiger partial charge in [0.05, 0.1) is 16.1 Å². The van der Waals surface area contributed by atoms with Crippen molar-refractivity contribution in [3.05, 3.63) is 50.4 Å². The topological polar surface area (TPSA) is 24.9 Å². The Labute approximate surface area is 134 Å². The summed E-state index contributed by atoms with van der Waals surface area (Å²) in [4.78, 5) is 4.41. The van der Waals surface area contributed by atoms with E-state index in [2.05, 4.69) is 24.1 Å². The quantitative estimate of drug-likeness (QED) is 0.741. The Hall–Kier alpha value is -0.610. The van der Waals surface area contributed by atoms with Crippen LogP contribution in [0.3, 0.4) is 0 Å². The van der Waals surface area contributed by atoms with Crippen LogP contribution < -0.4 is 5.32 Å². The molecule has 0 fully saturated rings. The van der Waals surface area contributed by atoms with Gasteiger partial charge in [-0.15, -0.1) is 11.3 Å². The lowest BCUT2D eigenvalue weighted by Crippen LogP contribution is -2.25. The SMILES string of the molecule is CCC(NC(CC)c1nccs1)c1ccc(Cl)c(Cl)c1. The van der Waals surface area contributed by atoms with Crippen LogP contribution in [0.5, 0.6) is 0 Å². The van der Waals surface area contributed by atoms with Crippen LogP contribution in [0.2, 0.25) is 10.0 Å². The van der Waals surface area contributed by atoms with Gasteiger partial charge in [0, 0.05) is 17.6 Å². The Morgan fingerprint density at radius 3 is 2.45 bits per heavy atom. The highest BCUT2D eigenvalue weighted by Gasteiger charge is 2.18. The van der Waals surface area contributed by atoms with Crippen LogP contribution in [0.25, 0.3) is 0 Å². The Kier molecular flexibility index (Phi) is 5.85. The van der Waals surface area contributed by atoms with Gasteiger partial charge in [-0.1, -0.05) is 43.1 Å². The zero-order valence-corrected chi connectivity index (χ0v) is 13.9. The second-order valence-electron chi connectivity index (χ2n) is 4.63. The van der Waals surface area contributed by atoms with Crippen molar-refractivity contribution in [2.75, 3.05) is 0 Å². The molecule has 2 aromatic rings. The molecular formula is C15H18Cl2N2S. The predicted octanol–water partition coefficient (Wildman–Crippen LogP) is 5.64. The van der Waals surface area contributed by atoms with Crippen molar-refractivity contribution in [2.24, 2.45) is 0 Å². The molecule has 108 valence electrons. The second kappa shape index (κ2) is 7.41. The molecule has 1 aromatic carbocycles. The zero-order valence-electron chi connectivity index (χ0n) is 11.6. The van der Waals surface area contributed by atoms with Crippen LogP contribution in [-0.2, 0) is 0 Å². The molecule has 0 aliphatic rings. The van der Waals surface area contributed by atoms with E-state index in [1.807, 2.05) is 29.8 Å². The molecule has 0 aliphatic heterocycles. The first-order valence-electron chi connectivity index (χ1n) is 6.76. The average Bonchev–Trinajstić information content (AvgIpc) is 2.97. The Morgan fingerprint density at radius 2 is 1.90 bits per heavy atom. The van der Waals surface area contributed by atoms with Gasteiger partial charge in [0.2, 0.25) is 0 Å². The molecule has 5 heteroatoms. The lowest BCUT2D eigenvalue weighted by Gasteiger charge is -2.23. The van der Waals surface area contributed by atoms with E-state index in [1.165, 1.54) is 0 Å². The van der Waals surface area contributed by atoms with E-state index in [4.69, 9.17) is 23.2 Å². The summed E-state index contributed by atoms with van der Waals surface area (Å²) in [5.74, 6) is 0. The number of thiazole rings is 1. The standard InChI is InChI=1S/C15H18Cl2N2S/c1-3-13(10-5-6-11(16)12(17)9-10)19-14(4-2)15-18-7-8-20-15/h5-9,13-14,19H,3-4H2,1-2H3. The molecule has 20 heavy (non-hydrogen) atoms. The maximum Gasteiger partial charge on any atom is 0.109 e. The fourth-order valence-electron chi connectivity index (χ4n) is 2.19. The van der Waals surface area contributed by atoms with E-state index < -0.39 is 0 Å². The minimum atomic E-state index is 0.249. The van der Waals surface area contributed by atoms with E-state index in [-0.39, 0.29) is 12.1 Å². The van der Waals surface area contributed by atoms with Gasteiger partial charge in [0.15, 0.2) is 0 Å². The molecule has 0 saturated carbocycles. The van der Waals surface area contributed by atoms with E-state index in [0.29, 0.717) is 10.0 Å². The molecule has 2 nitrogen and oxygen atoms in total. The van der Waals surface area contributed by atoms with E-state index in [1.54, 1.807) is 11.3 Å². The maximum absolute atomic E-state index is 6.11. The first-order chi connectivity index (χ1) is 9.65. The Balaban J connectivity index is 2.17. The highest BCUT2D eigenvalue weighted by molar-refractivity contribution is 7.09. The van der Waals surface area contributed by atoms with Gasteiger partial charge in [-0.2, -0.15) is 0 Å². The molecule has 2 unspecified atom stereocenters. The minimum Gasteiger partial charge on any atom is -0.301 e. The second-order valence-corrected chi connectivity index (χ2v) is 6.37. The third kappa shape index (κ3) is 3.73. The van der Waals surface area contributed by atoms with E-state index in [9.17, 15) is 0 Å². The molecule has 2 rings (SSSR count). The van der Waals surface area contributed by atoms with E-state index >= 15 is 0 Å². The number of halogens is 2.